The molecule has 2 aromatic rings. The summed E-state index contributed by atoms with van der Waals surface area (Å²) >= 11 is 0. The van der Waals surface area contributed by atoms with Crippen LogP contribution in [-0.2, 0) is 13.0 Å². The lowest BCUT2D eigenvalue weighted by Gasteiger charge is -2.09. The van der Waals surface area contributed by atoms with Crippen LogP contribution in [0.15, 0.2) is 36.5 Å². The number of unbranched alkanes of at least 4 members (excludes halogenated alkanes) is 1. The lowest BCUT2D eigenvalue weighted by molar-refractivity contribution is 0.150. The second-order valence-electron chi connectivity index (χ2n) is 4.46. The maximum Gasteiger partial charge on any atom is 0.0986 e. The minimum Gasteiger partial charge on any atom is -0.386 e. The molecule has 0 radical (unpaired) electrons. The Kier molecular flexibility index (Phi) is 4.47. The third-order valence-electron chi connectivity index (χ3n) is 2.92. The second kappa shape index (κ2) is 6.31. The molecule has 1 N–H and O–H groups in total. The Bertz CT molecular complexity index is 467. The topological polar surface area (TPSA) is 50.9 Å². The van der Waals surface area contributed by atoms with Gasteiger partial charge in [0.1, 0.15) is 0 Å². The monoisotopic (exact) mass is 245 g/mol. The van der Waals surface area contributed by atoms with Gasteiger partial charge in [0.25, 0.3) is 0 Å². The van der Waals surface area contributed by atoms with Crippen molar-refractivity contribution in [3.8, 4) is 0 Å². The van der Waals surface area contributed by atoms with Crippen LogP contribution < -0.4 is 0 Å². The minimum atomic E-state index is -0.535. The molecule has 1 unspecified atom stereocenters. The van der Waals surface area contributed by atoms with Crippen LogP contribution in [0.25, 0.3) is 0 Å². The number of aromatic nitrogens is 3. The summed E-state index contributed by atoms with van der Waals surface area (Å²) in [6.07, 6.45) is 4.62. The summed E-state index contributed by atoms with van der Waals surface area (Å²) in [5, 5.41) is 18.2. The van der Waals surface area contributed by atoms with Crippen LogP contribution in [0.4, 0.5) is 0 Å². The average Bonchev–Trinajstić information content (AvgIpc) is 2.85. The molecule has 4 heteroatoms. The molecule has 1 aromatic carbocycles. The van der Waals surface area contributed by atoms with Crippen molar-refractivity contribution < 1.29 is 5.11 Å². The Balaban J connectivity index is 1.95. The van der Waals surface area contributed by atoms with Gasteiger partial charge < -0.3 is 5.11 Å². The van der Waals surface area contributed by atoms with Crippen LogP contribution in [0.2, 0.25) is 0 Å². The number of hydrogen-bond acceptors (Lipinski definition) is 3. The third kappa shape index (κ3) is 3.40. The second-order valence-corrected chi connectivity index (χ2v) is 4.46. The van der Waals surface area contributed by atoms with Gasteiger partial charge in [0.05, 0.1) is 18.3 Å². The van der Waals surface area contributed by atoms with E-state index in [0.29, 0.717) is 6.54 Å². The molecule has 1 aromatic heterocycles. The number of hydrogen-bond donors (Lipinski definition) is 1. The Morgan fingerprint density at radius 3 is 2.78 bits per heavy atom. The summed E-state index contributed by atoms with van der Waals surface area (Å²) in [5.41, 5.74) is 1.90. The van der Waals surface area contributed by atoms with Gasteiger partial charge in [-0.15, -0.1) is 5.10 Å². The van der Waals surface area contributed by atoms with Crippen LogP contribution in [0.3, 0.4) is 0 Å². The molecule has 0 saturated carbocycles. The Hall–Kier alpha value is -1.68. The van der Waals surface area contributed by atoms with Crippen molar-refractivity contribution in [2.24, 2.45) is 0 Å². The van der Waals surface area contributed by atoms with E-state index in [0.717, 1.165) is 30.5 Å². The zero-order valence-electron chi connectivity index (χ0n) is 10.7. The largest absolute Gasteiger partial charge is 0.386 e. The molecule has 1 heterocycles. The quantitative estimate of drug-likeness (QED) is 0.850. The number of aryl methyl sites for hydroxylation is 1. The molecule has 2 rings (SSSR count). The van der Waals surface area contributed by atoms with Gasteiger partial charge in [-0.25, -0.2) is 4.68 Å². The summed E-state index contributed by atoms with van der Waals surface area (Å²) in [5.74, 6) is 0. The highest BCUT2D eigenvalue weighted by molar-refractivity contribution is 5.17. The molecule has 0 amide bonds. The molecule has 18 heavy (non-hydrogen) atoms. The predicted molar refractivity (Wildman–Crippen MR) is 70.0 cm³/mol. The van der Waals surface area contributed by atoms with Crippen LogP contribution >= 0.6 is 0 Å². The van der Waals surface area contributed by atoms with Crippen LogP contribution in [0.1, 0.15) is 37.1 Å². The number of aliphatic hydroxyl groups excluding tert-OH is 1. The fourth-order valence-corrected chi connectivity index (χ4v) is 1.86. The van der Waals surface area contributed by atoms with Gasteiger partial charge in [0.15, 0.2) is 0 Å². The first kappa shape index (κ1) is 12.8. The molecule has 96 valence electrons. The van der Waals surface area contributed by atoms with Crippen LogP contribution in [0, 0.1) is 0 Å². The third-order valence-corrected chi connectivity index (χ3v) is 2.92. The molecule has 1 atom stereocenters. The van der Waals surface area contributed by atoms with E-state index in [1.54, 1.807) is 4.68 Å². The molecule has 4 nitrogen and oxygen atoms in total. The molecule has 0 bridgehead atoms. The predicted octanol–water partition coefficient (Wildman–Crippen LogP) is 2.35. The summed E-state index contributed by atoms with van der Waals surface area (Å²) < 4.78 is 1.71. The molecule has 0 aliphatic heterocycles. The maximum absolute atomic E-state index is 10.1. The zero-order valence-corrected chi connectivity index (χ0v) is 10.7. The number of aliphatic hydroxyl groups is 1. The van der Waals surface area contributed by atoms with Gasteiger partial charge in [-0.1, -0.05) is 48.9 Å². The van der Waals surface area contributed by atoms with Gasteiger partial charge in [0, 0.05) is 6.20 Å². The van der Waals surface area contributed by atoms with Crippen molar-refractivity contribution in [1.29, 1.82) is 0 Å². The molecule has 0 spiro atoms. The van der Waals surface area contributed by atoms with Crippen LogP contribution in [-0.4, -0.2) is 20.1 Å². The molecular formula is C14H19N3O. The summed E-state index contributed by atoms with van der Waals surface area (Å²) in [6.45, 7) is 2.60. The van der Waals surface area contributed by atoms with Crippen molar-refractivity contribution in [3.63, 3.8) is 0 Å². The van der Waals surface area contributed by atoms with Gasteiger partial charge in [-0.05, 0) is 18.4 Å². The number of nitrogens with zero attached hydrogens (tertiary/aromatic N) is 3. The van der Waals surface area contributed by atoms with Crippen molar-refractivity contribution in [3.05, 3.63) is 47.8 Å². The van der Waals surface area contributed by atoms with Crippen LogP contribution in [0.5, 0.6) is 0 Å². The van der Waals surface area contributed by atoms with E-state index in [1.807, 2.05) is 36.5 Å². The Morgan fingerprint density at radius 2 is 2.06 bits per heavy atom. The number of benzene rings is 1. The molecule has 0 saturated heterocycles. The first-order chi connectivity index (χ1) is 8.79. The highest BCUT2D eigenvalue weighted by Gasteiger charge is 2.09. The van der Waals surface area contributed by atoms with E-state index in [9.17, 15) is 5.11 Å². The molecule has 0 aliphatic carbocycles. The molecular weight excluding hydrogens is 226 g/mol. The van der Waals surface area contributed by atoms with Gasteiger partial charge in [-0.2, -0.15) is 0 Å². The lowest BCUT2D eigenvalue weighted by atomic mass is 10.1. The summed E-state index contributed by atoms with van der Waals surface area (Å²) in [7, 11) is 0. The van der Waals surface area contributed by atoms with E-state index < -0.39 is 6.10 Å². The van der Waals surface area contributed by atoms with Gasteiger partial charge >= 0.3 is 0 Å². The first-order valence-corrected chi connectivity index (χ1v) is 6.41. The van der Waals surface area contributed by atoms with Crippen molar-refractivity contribution in [1.82, 2.24) is 15.0 Å². The Labute approximate surface area is 107 Å². The van der Waals surface area contributed by atoms with E-state index in [2.05, 4.69) is 17.2 Å². The normalized spacial score (nSPS) is 12.6. The zero-order chi connectivity index (χ0) is 12.8. The summed E-state index contributed by atoms with van der Waals surface area (Å²) in [6, 6.07) is 9.62. The van der Waals surface area contributed by atoms with E-state index in [-0.39, 0.29) is 0 Å². The van der Waals surface area contributed by atoms with E-state index >= 15 is 0 Å². The van der Waals surface area contributed by atoms with Crippen molar-refractivity contribution >= 4 is 0 Å². The van der Waals surface area contributed by atoms with Crippen molar-refractivity contribution in [2.75, 3.05) is 0 Å². The first-order valence-electron chi connectivity index (χ1n) is 6.41. The van der Waals surface area contributed by atoms with E-state index in [4.69, 9.17) is 0 Å². The van der Waals surface area contributed by atoms with Crippen molar-refractivity contribution in [2.45, 2.75) is 38.8 Å². The highest BCUT2D eigenvalue weighted by Crippen LogP contribution is 2.14. The highest BCUT2D eigenvalue weighted by atomic mass is 16.3. The molecule has 0 fully saturated rings. The minimum absolute atomic E-state index is 0.448. The van der Waals surface area contributed by atoms with E-state index in [1.165, 1.54) is 0 Å². The number of rotatable bonds is 6. The lowest BCUT2D eigenvalue weighted by Crippen LogP contribution is -2.09. The fourth-order valence-electron chi connectivity index (χ4n) is 1.86. The SMILES string of the molecule is CCCCc1cn(CC(O)c2ccccc2)nn1. The standard InChI is InChI=1S/C14H19N3O/c1-2-3-9-13-10-17(16-15-13)11-14(18)12-7-5-4-6-8-12/h4-8,10,14,18H,2-3,9,11H2,1H3. The van der Waals surface area contributed by atoms with Gasteiger partial charge in [-0.3, -0.25) is 0 Å². The Morgan fingerprint density at radius 1 is 1.28 bits per heavy atom. The van der Waals surface area contributed by atoms with Gasteiger partial charge in [0.2, 0.25) is 0 Å². The molecule has 0 aliphatic rings. The maximum atomic E-state index is 10.1. The fraction of sp³-hybridized carbons (Fsp3) is 0.429. The summed E-state index contributed by atoms with van der Waals surface area (Å²) in [4.78, 5) is 0. The smallest absolute Gasteiger partial charge is 0.0986 e. The average molecular weight is 245 g/mol.